The van der Waals surface area contributed by atoms with Gasteiger partial charge in [-0.25, -0.2) is 0 Å². The first-order valence-electron chi connectivity index (χ1n) is 5.42. The van der Waals surface area contributed by atoms with E-state index in [0.29, 0.717) is 0 Å². The van der Waals surface area contributed by atoms with Crippen LogP contribution in [0.2, 0.25) is 0 Å². The standard InChI is InChI=1S/C7H13N.2BF4/c1-4-8-5-2-7(1)3-6-8;2*2-1(3,4)5/h7H,1-6H2;;/q;2*-1. The highest BCUT2D eigenvalue weighted by Crippen LogP contribution is 2.26. The molecule has 3 rings (SSSR count). The summed E-state index contributed by atoms with van der Waals surface area (Å²) >= 11 is 0. The summed E-state index contributed by atoms with van der Waals surface area (Å²) in [4.78, 5) is 2.58. The van der Waals surface area contributed by atoms with Crippen LogP contribution in [-0.2, 0) is 0 Å². The van der Waals surface area contributed by atoms with E-state index in [9.17, 15) is 34.5 Å². The smallest absolute Gasteiger partial charge is 0.418 e. The molecule has 3 aliphatic rings. The Morgan fingerprint density at radius 2 is 0.833 bits per heavy atom. The Labute approximate surface area is 99.7 Å². The van der Waals surface area contributed by atoms with Crippen molar-refractivity contribution in [1.29, 1.82) is 0 Å². The summed E-state index contributed by atoms with van der Waals surface area (Å²) < 4.78 is 78.0. The average Bonchev–Trinajstić information content (AvgIpc) is 2.15. The van der Waals surface area contributed by atoms with Gasteiger partial charge in [-0.2, -0.15) is 0 Å². The van der Waals surface area contributed by atoms with E-state index in [4.69, 9.17) is 0 Å². The number of piperidine rings is 3. The highest BCUT2D eigenvalue weighted by molar-refractivity contribution is 6.50. The Hall–Kier alpha value is -0.470. The van der Waals surface area contributed by atoms with Crippen LogP contribution in [0.4, 0.5) is 34.5 Å². The van der Waals surface area contributed by atoms with E-state index in [2.05, 4.69) is 4.90 Å². The summed E-state index contributed by atoms with van der Waals surface area (Å²) in [7, 11) is -12.0. The second-order valence-electron chi connectivity index (χ2n) is 4.06. The summed E-state index contributed by atoms with van der Waals surface area (Å²) in [5, 5.41) is 0. The molecule has 0 aromatic rings. The van der Waals surface area contributed by atoms with Gasteiger partial charge in [0.15, 0.2) is 0 Å². The third-order valence-corrected chi connectivity index (χ3v) is 2.56. The molecular weight excluding hydrogens is 272 g/mol. The Bertz CT molecular complexity index is 175. The molecule has 0 atom stereocenters. The van der Waals surface area contributed by atoms with E-state index < -0.39 is 14.5 Å². The Kier molecular flexibility index (Phi) is 7.01. The predicted molar refractivity (Wildman–Crippen MR) is 54.2 cm³/mol. The molecule has 2 bridgehead atoms. The molecular formula is C7H13B2F8N-2. The van der Waals surface area contributed by atoms with E-state index in [1.165, 1.54) is 38.9 Å². The molecule has 18 heavy (non-hydrogen) atoms. The minimum Gasteiger partial charge on any atom is -0.418 e. The number of rotatable bonds is 0. The van der Waals surface area contributed by atoms with Crippen LogP contribution < -0.4 is 0 Å². The zero-order chi connectivity index (χ0) is 14.4. The normalized spacial score (nSPS) is 26.7. The Morgan fingerprint density at radius 1 is 0.611 bits per heavy atom. The zero-order valence-corrected chi connectivity index (χ0v) is 9.45. The van der Waals surface area contributed by atoms with Gasteiger partial charge < -0.3 is 39.4 Å². The van der Waals surface area contributed by atoms with Crippen molar-refractivity contribution in [2.75, 3.05) is 19.6 Å². The first-order valence-corrected chi connectivity index (χ1v) is 5.42. The SMILES string of the molecule is C1CN2CCC1CC2.F[B-](F)(F)F.F[B-](F)(F)F. The summed E-state index contributed by atoms with van der Waals surface area (Å²) in [5.41, 5.74) is 0. The highest BCUT2D eigenvalue weighted by atomic mass is 19.5. The molecule has 11 heteroatoms. The van der Waals surface area contributed by atoms with Crippen LogP contribution in [0.5, 0.6) is 0 Å². The molecule has 3 fully saturated rings. The summed E-state index contributed by atoms with van der Waals surface area (Å²) in [6.45, 7) is 4.18. The van der Waals surface area contributed by atoms with Gasteiger partial charge in [0.1, 0.15) is 0 Å². The number of halogens is 8. The maximum atomic E-state index is 9.75. The van der Waals surface area contributed by atoms with Gasteiger partial charge >= 0.3 is 14.5 Å². The van der Waals surface area contributed by atoms with Crippen molar-refractivity contribution in [3.8, 4) is 0 Å². The Morgan fingerprint density at radius 3 is 0.889 bits per heavy atom. The second-order valence-corrected chi connectivity index (χ2v) is 4.06. The molecule has 0 spiro atoms. The summed E-state index contributed by atoms with van der Waals surface area (Å²) in [5.74, 6) is 1.11. The van der Waals surface area contributed by atoms with E-state index in [-0.39, 0.29) is 0 Å². The molecule has 0 radical (unpaired) electrons. The molecule has 3 aliphatic heterocycles. The van der Waals surface area contributed by atoms with Crippen molar-refractivity contribution in [2.45, 2.75) is 19.3 Å². The maximum absolute atomic E-state index is 9.75. The quantitative estimate of drug-likeness (QED) is 0.484. The van der Waals surface area contributed by atoms with Crippen LogP contribution in [-0.4, -0.2) is 39.0 Å². The fourth-order valence-corrected chi connectivity index (χ4v) is 1.86. The molecule has 3 saturated heterocycles. The van der Waals surface area contributed by atoms with Crippen LogP contribution in [0, 0.1) is 5.92 Å². The third-order valence-electron chi connectivity index (χ3n) is 2.56. The number of fused-ring (bicyclic) bond motifs is 3. The molecule has 3 heterocycles. The minimum absolute atomic E-state index is 1.11. The van der Waals surface area contributed by atoms with Gasteiger partial charge in [0, 0.05) is 0 Å². The monoisotopic (exact) mass is 285 g/mol. The van der Waals surface area contributed by atoms with Crippen molar-refractivity contribution in [3.63, 3.8) is 0 Å². The van der Waals surface area contributed by atoms with Crippen molar-refractivity contribution in [3.05, 3.63) is 0 Å². The van der Waals surface area contributed by atoms with Crippen LogP contribution in [0.1, 0.15) is 19.3 Å². The lowest BCUT2D eigenvalue weighted by Crippen LogP contribution is -2.41. The average molecular weight is 285 g/mol. The summed E-state index contributed by atoms with van der Waals surface area (Å²) in [6, 6.07) is 0. The van der Waals surface area contributed by atoms with Gasteiger partial charge in [-0.15, -0.1) is 0 Å². The van der Waals surface area contributed by atoms with Gasteiger partial charge in [-0.3, -0.25) is 0 Å². The van der Waals surface area contributed by atoms with Gasteiger partial charge in [-0.05, 0) is 44.8 Å². The molecule has 110 valence electrons. The van der Waals surface area contributed by atoms with E-state index >= 15 is 0 Å². The minimum atomic E-state index is -6.00. The fourth-order valence-electron chi connectivity index (χ4n) is 1.86. The number of hydrogen-bond acceptors (Lipinski definition) is 1. The molecule has 0 N–H and O–H groups in total. The third kappa shape index (κ3) is 15.5. The fraction of sp³-hybridized carbons (Fsp3) is 1.00. The van der Waals surface area contributed by atoms with Crippen LogP contribution in [0.3, 0.4) is 0 Å². The number of hydrogen-bond donors (Lipinski definition) is 0. The van der Waals surface area contributed by atoms with Crippen LogP contribution in [0.15, 0.2) is 0 Å². The van der Waals surface area contributed by atoms with E-state index in [0.717, 1.165) is 5.92 Å². The number of nitrogens with zero attached hydrogens (tertiary/aromatic N) is 1. The van der Waals surface area contributed by atoms with Crippen molar-refractivity contribution < 1.29 is 34.5 Å². The predicted octanol–water partition coefficient (Wildman–Crippen LogP) is 3.70. The molecule has 0 aromatic carbocycles. The first-order chi connectivity index (χ1) is 7.95. The Balaban J connectivity index is 0.000000258. The molecule has 1 nitrogen and oxygen atoms in total. The van der Waals surface area contributed by atoms with Gasteiger partial charge in [-0.1, -0.05) is 0 Å². The van der Waals surface area contributed by atoms with Crippen molar-refractivity contribution in [1.82, 2.24) is 4.90 Å². The molecule has 0 unspecified atom stereocenters. The van der Waals surface area contributed by atoms with Gasteiger partial charge in [0.05, 0.1) is 0 Å². The van der Waals surface area contributed by atoms with Gasteiger partial charge in [0.2, 0.25) is 0 Å². The molecule has 0 amide bonds. The topological polar surface area (TPSA) is 3.24 Å². The van der Waals surface area contributed by atoms with E-state index in [1.54, 1.807) is 0 Å². The molecule has 0 aromatic heterocycles. The second kappa shape index (κ2) is 7.20. The lowest BCUT2D eigenvalue weighted by Gasteiger charge is -2.38. The van der Waals surface area contributed by atoms with Crippen LogP contribution >= 0.6 is 0 Å². The lowest BCUT2D eigenvalue weighted by molar-refractivity contribution is 0.111. The zero-order valence-electron chi connectivity index (χ0n) is 9.45. The van der Waals surface area contributed by atoms with Gasteiger partial charge in [0.25, 0.3) is 0 Å². The van der Waals surface area contributed by atoms with Crippen molar-refractivity contribution in [2.24, 2.45) is 5.92 Å². The molecule has 0 saturated carbocycles. The lowest BCUT2D eigenvalue weighted by atomic mass is 9.89. The summed E-state index contributed by atoms with van der Waals surface area (Å²) in [6.07, 6.45) is 4.46. The maximum Gasteiger partial charge on any atom is 0.673 e. The largest absolute Gasteiger partial charge is 0.673 e. The van der Waals surface area contributed by atoms with E-state index in [1.807, 2.05) is 0 Å². The molecule has 0 aliphatic carbocycles. The van der Waals surface area contributed by atoms with Crippen LogP contribution in [0.25, 0.3) is 0 Å². The first kappa shape index (κ1) is 17.5. The van der Waals surface area contributed by atoms with Crippen molar-refractivity contribution >= 4 is 14.5 Å². The highest BCUT2D eigenvalue weighted by Gasteiger charge is 2.24.